The Morgan fingerprint density at radius 2 is 1.91 bits per heavy atom. The number of rotatable bonds is 2. The third-order valence-electron chi connectivity index (χ3n) is 4.46. The largest absolute Gasteiger partial charge is 0.362 e. The lowest BCUT2D eigenvalue weighted by molar-refractivity contribution is -0.143. The van der Waals surface area contributed by atoms with Crippen LogP contribution in [0.4, 0.5) is 4.79 Å². The molecule has 0 aliphatic carbocycles. The van der Waals surface area contributed by atoms with Gasteiger partial charge in [0.05, 0.1) is 12.1 Å². The Morgan fingerprint density at radius 1 is 1.26 bits per heavy atom. The highest BCUT2D eigenvalue weighted by atomic mass is 32.2. The number of amides is 3. The zero-order valence-electron chi connectivity index (χ0n) is 12.6. The van der Waals surface area contributed by atoms with Crippen molar-refractivity contribution in [2.75, 3.05) is 32.7 Å². The average Bonchev–Trinajstić information content (AvgIpc) is 2.78. The molecule has 2 atom stereocenters. The van der Waals surface area contributed by atoms with Gasteiger partial charge in [0.2, 0.25) is 0 Å². The van der Waals surface area contributed by atoms with E-state index in [4.69, 9.17) is 4.55 Å². The summed E-state index contributed by atoms with van der Waals surface area (Å²) in [5.41, 5.74) is 0. The Morgan fingerprint density at radius 3 is 2.52 bits per heavy atom. The van der Waals surface area contributed by atoms with Gasteiger partial charge in [-0.15, -0.1) is 0 Å². The number of urea groups is 1. The molecule has 11 heteroatoms. The molecule has 0 spiro atoms. The molecule has 0 saturated carbocycles. The van der Waals surface area contributed by atoms with Crippen molar-refractivity contribution in [1.82, 2.24) is 25.2 Å². The zero-order valence-corrected chi connectivity index (χ0v) is 13.4. The number of nitrogens with one attached hydrogen (secondary N) is 3. The van der Waals surface area contributed by atoms with Gasteiger partial charge in [0.25, 0.3) is 5.91 Å². The van der Waals surface area contributed by atoms with Crippen LogP contribution in [-0.4, -0.2) is 85.0 Å². The Kier molecular flexibility index (Phi) is 4.45. The van der Waals surface area contributed by atoms with Gasteiger partial charge in [-0.1, -0.05) is 0 Å². The topological polar surface area (TPSA) is 131 Å². The smallest absolute Gasteiger partial charge is 0.333 e. The Hall–Kier alpha value is -1.43. The maximum Gasteiger partial charge on any atom is 0.362 e. The van der Waals surface area contributed by atoms with Gasteiger partial charge in [-0.2, -0.15) is 8.42 Å². The fourth-order valence-electron chi connectivity index (χ4n) is 3.37. The van der Waals surface area contributed by atoms with Gasteiger partial charge in [-0.25, -0.2) is 9.10 Å². The lowest BCUT2D eigenvalue weighted by Gasteiger charge is -2.42. The van der Waals surface area contributed by atoms with E-state index in [1.54, 1.807) is 0 Å². The van der Waals surface area contributed by atoms with Crippen molar-refractivity contribution in [2.45, 2.75) is 31.0 Å². The van der Waals surface area contributed by atoms with Crippen molar-refractivity contribution in [1.29, 1.82) is 0 Å². The van der Waals surface area contributed by atoms with Gasteiger partial charge in [-0.3, -0.25) is 9.35 Å². The van der Waals surface area contributed by atoms with Crippen LogP contribution in [0.3, 0.4) is 0 Å². The molecule has 3 aliphatic heterocycles. The maximum atomic E-state index is 12.4. The Labute approximate surface area is 134 Å². The molecule has 0 bridgehead atoms. The lowest BCUT2D eigenvalue weighted by Crippen LogP contribution is -2.69. The maximum absolute atomic E-state index is 12.4. The molecule has 0 aromatic heterocycles. The Balaban J connectivity index is 1.60. The van der Waals surface area contributed by atoms with Crippen LogP contribution in [0.2, 0.25) is 0 Å². The molecule has 3 heterocycles. The van der Waals surface area contributed by atoms with E-state index >= 15 is 0 Å². The van der Waals surface area contributed by atoms with Crippen LogP contribution in [0.15, 0.2) is 0 Å². The van der Waals surface area contributed by atoms with Crippen LogP contribution in [0.25, 0.3) is 0 Å². The van der Waals surface area contributed by atoms with Crippen molar-refractivity contribution in [2.24, 2.45) is 0 Å². The molecule has 3 rings (SSSR count). The van der Waals surface area contributed by atoms with Crippen LogP contribution >= 0.6 is 0 Å². The molecule has 23 heavy (non-hydrogen) atoms. The standard InChI is InChI=1S/C12H21N5O5S/c18-11-10-9(17(11)23(20,21)22)2-5-16(10)12(19)15-8-6-13-3-1-4-14-7-8/h8-10,13-14H,1-7H2,(H,15,19)(H,20,21,22)/t9-,10+/m1/s1. The summed E-state index contributed by atoms with van der Waals surface area (Å²) < 4.78 is 31.8. The van der Waals surface area contributed by atoms with E-state index in [9.17, 15) is 18.0 Å². The van der Waals surface area contributed by atoms with Crippen molar-refractivity contribution in [3.63, 3.8) is 0 Å². The van der Waals surface area contributed by atoms with E-state index in [-0.39, 0.29) is 18.6 Å². The number of carbonyl (C=O) groups excluding carboxylic acids is 2. The first-order valence-electron chi connectivity index (χ1n) is 7.69. The predicted octanol–water partition coefficient (Wildman–Crippen LogP) is -2.26. The molecular weight excluding hydrogens is 326 g/mol. The minimum Gasteiger partial charge on any atom is -0.333 e. The van der Waals surface area contributed by atoms with Crippen LogP contribution in [-0.2, 0) is 15.1 Å². The summed E-state index contributed by atoms with van der Waals surface area (Å²) in [5.74, 6) is -0.751. The molecule has 3 fully saturated rings. The number of hydrogen-bond acceptors (Lipinski definition) is 6. The highest BCUT2D eigenvalue weighted by Gasteiger charge is 2.60. The molecule has 10 nitrogen and oxygen atoms in total. The molecule has 4 N–H and O–H groups in total. The summed E-state index contributed by atoms with van der Waals surface area (Å²) in [6.07, 6.45) is 1.36. The first kappa shape index (κ1) is 16.4. The third-order valence-corrected chi connectivity index (χ3v) is 5.41. The molecule has 0 unspecified atom stereocenters. The van der Waals surface area contributed by atoms with Crippen molar-refractivity contribution in [3.05, 3.63) is 0 Å². The van der Waals surface area contributed by atoms with E-state index in [1.165, 1.54) is 4.90 Å². The molecule has 0 aromatic rings. The number of β-lactam (4-membered cyclic amide) rings is 1. The summed E-state index contributed by atoms with van der Waals surface area (Å²) in [4.78, 5) is 25.7. The number of fused-ring (bicyclic) bond motifs is 1. The second-order valence-electron chi connectivity index (χ2n) is 6.01. The van der Waals surface area contributed by atoms with E-state index < -0.39 is 28.3 Å². The number of hydrogen-bond donors (Lipinski definition) is 4. The minimum atomic E-state index is -4.55. The van der Waals surface area contributed by atoms with Gasteiger partial charge in [0.1, 0.15) is 6.04 Å². The number of carbonyl (C=O) groups is 2. The molecule has 0 radical (unpaired) electrons. The number of nitrogens with zero attached hydrogens (tertiary/aromatic N) is 2. The minimum absolute atomic E-state index is 0.102. The fourth-order valence-corrected chi connectivity index (χ4v) is 4.26. The molecule has 0 aromatic carbocycles. The zero-order chi connectivity index (χ0) is 16.6. The van der Waals surface area contributed by atoms with E-state index in [0.29, 0.717) is 23.8 Å². The van der Waals surface area contributed by atoms with Gasteiger partial charge in [-0.05, 0) is 25.9 Å². The van der Waals surface area contributed by atoms with Crippen LogP contribution in [0.1, 0.15) is 12.8 Å². The fraction of sp³-hybridized carbons (Fsp3) is 0.833. The summed E-state index contributed by atoms with van der Waals surface area (Å²) in [6.45, 7) is 3.29. The lowest BCUT2D eigenvalue weighted by atomic mass is 10.0. The van der Waals surface area contributed by atoms with Crippen LogP contribution < -0.4 is 16.0 Å². The molecule has 3 saturated heterocycles. The van der Waals surface area contributed by atoms with Gasteiger partial charge >= 0.3 is 16.3 Å². The van der Waals surface area contributed by atoms with E-state index in [1.807, 2.05) is 0 Å². The highest BCUT2D eigenvalue weighted by Crippen LogP contribution is 2.35. The molecule has 3 amide bonds. The molecular formula is C12H21N5O5S. The number of likely N-dealkylation sites (tertiary alicyclic amines) is 1. The van der Waals surface area contributed by atoms with Gasteiger partial charge in [0, 0.05) is 19.6 Å². The third kappa shape index (κ3) is 3.13. The predicted molar refractivity (Wildman–Crippen MR) is 80.0 cm³/mol. The first-order valence-corrected chi connectivity index (χ1v) is 9.08. The van der Waals surface area contributed by atoms with Crippen LogP contribution in [0.5, 0.6) is 0 Å². The summed E-state index contributed by atoms with van der Waals surface area (Å²) in [5, 5.41) is 9.35. The van der Waals surface area contributed by atoms with Gasteiger partial charge in [0.15, 0.2) is 0 Å². The normalized spacial score (nSPS) is 29.5. The molecule has 130 valence electrons. The van der Waals surface area contributed by atoms with Crippen LogP contribution in [0, 0.1) is 0 Å². The monoisotopic (exact) mass is 347 g/mol. The highest BCUT2D eigenvalue weighted by molar-refractivity contribution is 7.84. The first-order chi connectivity index (χ1) is 10.9. The summed E-state index contributed by atoms with van der Waals surface area (Å²) >= 11 is 0. The van der Waals surface area contributed by atoms with Crippen molar-refractivity contribution < 1.29 is 22.6 Å². The van der Waals surface area contributed by atoms with E-state index in [0.717, 1.165) is 19.5 Å². The second kappa shape index (κ2) is 6.23. The molecule has 3 aliphatic rings. The quantitative estimate of drug-likeness (QED) is 0.327. The SMILES string of the molecule is O=C(NC1CNCCCNC1)N1CC[C@@H]2[C@H]1C(=O)N2S(=O)(=O)O. The summed E-state index contributed by atoms with van der Waals surface area (Å²) in [6, 6.07) is -1.94. The van der Waals surface area contributed by atoms with Gasteiger partial charge < -0.3 is 20.9 Å². The van der Waals surface area contributed by atoms with Crippen molar-refractivity contribution >= 4 is 22.2 Å². The van der Waals surface area contributed by atoms with E-state index in [2.05, 4.69) is 16.0 Å². The summed E-state index contributed by atoms with van der Waals surface area (Å²) in [7, 11) is -4.55. The average molecular weight is 347 g/mol. The Bertz CT molecular complexity index is 589. The second-order valence-corrected chi connectivity index (χ2v) is 7.30. The van der Waals surface area contributed by atoms with Crippen molar-refractivity contribution in [3.8, 4) is 0 Å².